The van der Waals surface area contributed by atoms with Crippen molar-refractivity contribution in [3.63, 3.8) is 0 Å². The predicted molar refractivity (Wildman–Crippen MR) is 77.7 cm³/mol. The quantitative estimate of drug-likeness (QED) is 0.898. The lowest BCUT2D eigenvalue weighted by Crippen LogP contribution is -2.46. The molecule has 2 rings (SSSR count). The highest BCUT2D eigenvalue weighted by molar-refractivity contribution is 5.78. The maximum Gasteiger partial charge on any atom is 0.236 e. The van der Waals surface area contributed by atoms with Gasteiger partial charge < -0.3 is 10.2 Å². The number of nitrogens with zero attached hydrogens (tertiary/aromatic N) is 1. The van der Waals surface area contributed by atoms with E-state index in [1.165, 1.54) is 18.6 Å². The topological polar surface area (TPSA) is 32.3 Å². The Hall–Kier alpha value is -1.42. The summed E-state index contributed by atoms with van der Waals surface area (Å²) >= 11 is 0. The molecule has 1 aliphatic heterocycles. The Balaban J connectivity index is 1.78. The summed E-state index contributed by atoms with van der Waals surface area (Å²) in [5, 5.41) is 3.15. The molecule has 1 fully saturated rings. The van der Waals surface area contributed by atoms with Crippen LogP contribution >= 0.6 is 0 Å². The van der Waals surface area contributed by atoms with Crippen LogP contribution in [-0.4, -0.2) is 29.9 Å². The van der Waals surface area contributed by atoms with Crippen molar-refractivity contribution in [3.8, 4) is 0 Å². The Morgan fingerprint density at radius 3 is 2.80 bits per heavy atom. The van der Waals surface area contributed by atoms with Crippen LogP contribution in [0.5, 0.6) is 0 Å². The van der Waals surface area contributed by atoms with Gasteiger partial charge in [-0.3, -0.25) is 4.79 Å². The molecule has 0 saturated carbocycles. The zero-order valence-electron chi connectivity index (χ0n) is 12.1. The lowest BCUT2D eigenvalue weighted by atomic mass is 10.00. The standard InChI is InChI=1S/C16H23FN2O/c1-2-15-5-3-4-10-19(15)16(20)12-18-11-13-6-8-14(17)9-7-13/h6-9,15,18H,2-5,10-12H2,1H3. The Kier molecular flexibility index (Phi) is 5.53. The number of benzene rings is 1. The molecule has 1 amide bonds. The minimum atomic E-state index is -0.232. The monoisotopic (exact) mass is 278 g/mol. The zero-order chi connectivity index (χ0) is 14.4. The fraction of sp³-hybridized carbons (Fsp3) is 0.562. The van der Waals surface area contributed by atoms with E-state index in [-0.39, 0.29) is 11.7 Å². The van der Waals surface area contributed by atoms with Crippen LogP contribution in [0.1, 0.15) is 38.2 Å². The van der Waals surface area contributed by atoms with E-state index in [0.717, 1.165) is 31.4 Å². The smallest absolute Gasteiger partial charge is 0.236 e. The highest BCUT2D eigenvalue weighted by atomic mass is 19.1. The number of carbonyl (C=O) groups is 1. The molecule has 110 valence electrons. The molecule has 1 aromatic rings. The number of likely N-dealkylation sites (tertiary alicyclic amines) is 1. The molecule has 1 aliphatic rings. The molecule has 1 unspecified atom stereocenters. The molecule has 1 aromatic carbocycles. The van der Waals surface area contributed by atoms with Crippen LogP contribution in [0.3, 0.4) is 0 Å². The molecule has 0 radical (unpaired) electrons. The number of rotatable bonds is 5. The Morgan fingerprint density at radius 1 is 1.35 bits per heavy atom. The van der Waals surface area contributed by atoms with Crippen LogP contribution in [0.15, 0.2) is 24.3 Å². The van der Waals surface area contributed by atoms with E-state index in [1.54, 1.807) is 12.1 Å². The number of nitrogens with one attached hydrogen (secondary N) is 1. The fourth-order valence-corrected chi connectivity index (χ4v) is 2.77. The SMILES string of the molecule is CCC1CCCCN1C(=O)CNCc1ccc(F)cc1. The van der Waals surface area contributed by atoms with Crippen LogP contribution in [0.4, 0.5) is 4.39 Å². The highest BCUT2D eigenvalue weighted by Crippen LogP contribution is 2.19. The van der Waals surface area contributed by atoms with Crippen molar-refractivity contribution in [2.24, 2.45) is 0 Å². The minimum absolute atomic E-state index is 0.179. The maximum absolute atomic E-state index is 12.8. The highest BCUT2D eigenvalue weighted by Gasteiger charge is 2.24. The van der Waals surface area contributed by atoms with E-state index in [4.69, 9.17) is 0 Å². The molecule has 0 bridgehead atoms. The van der Waals surface area contributed by atoms with Crippen molar-refractivity contribution in [1.82, 2.24) is 10.2 Å². The molecule has 1 saturated heterocycles. The van der Waals surface area contributed by atoms with Crippen molar-refractivity contribution in [3.05, 3.63) is 35.6 Å². The Labute approximate surface area is 120 Å². The molecule has 0 spiro atoms. The van der Waals surface area contributed by atoms with Crippen LogP contribution in [-0.2, 0) is 11.3 Å². The van der Waals surface area contributed by atoms with E-state index >= 15 is 0 Å². The normalized spacial score (nSPS) is 19.1. The van der Waals surface area contributed by atoms with Crippen LogP contribution in [0, 0.1) is 5.82 Å². The number of hydrogen-bond acceptors (Lipinski definition) is 2. The third-order valence-electron chi connectivity index (χ3n) is 3.94. The second-order valence-corrected chi connectivity index (χ2v) is 5.38. The van der Waals surface area contributed by atoms with Gasteiger partial charge in [0.2, 0.25) is 5.91 Å². The van der Waals surface area contributed by atoms with Gasteiger partial charge in [-0.05, 0) is 43.4 Å². The van der Waals surface area contributed by atoms with E-state index in [0.29, 0.717) is 19.1 Å². The summed E-state index contributed by atoms with van der Waals surface area (Å²) in [6.07, 6.45) is 4.50. The Morgan fingerprint density at radius 2 is 2.10 bits per heavy atom. The molecule has 4 heteroatoms. The molecule has 3 nitrogen and oxygen atoms in total. The molecule has 0 aromatic heterocycles. The number of hydrogen-bond donors (Lipinski definition) is 1. The van der Waals surface area contributed by atoms with Gasteiger partial charge >= 0.3 is 0 Å². The number of amides is 1. The van der Waals surface area contributed by atoms with Crippen molar-refractivity contribution >= 4 is 5.91 Å². The zero-order valence-corrected chi connectivity index (χ0v) is 12.1. The first-order chi connectivity index (χ1) is 9.70. The molecule has 1 N–H and O–H groups in total. The van der Waals surface area contributed by atoms with Crippen molar-refractivity contribution in [2.45, 2.75) is 45.2 Å². The summed E-state index contributed by atoms with van der Waals surface area (Å²) < 4.78 is 12.8. The van der Waals surface area contributed by atoms with Gasteiger partial charge in [0.05, 0.1) is 6.54 Å². The van der Waals surface area contributed by atoms with Crippen LogP contribution in [0.2, 0.25) is 0 Å². The number of carbonyl (C=O) groups excluding carboxylic acids is 1. The molecule has 0 aliphatic carbocycles. The van der Waals surface area contributed by atoms with Gasteiger partial charge in [0.1, 0.15) is 5.82 Å². The number of piperidine rings is 1. The van der Waals surface area contributed by atoms with E-state index in [2.05, 4.69) is 12.2 Å². The first-order valence-electron chi connectivity index (χ1n) is 7.45. The molecular weight excluding hydrogens is 255 g/mol. The van der Waals surface area contributed by atoms with Gasteiger partial charge in [0.25, 0.3) is 0 Å². The summed E-state index contributed by atoms with van der Waals surface area (Å²) in [5.41, 5.74) is 0.991. The summed E-state index contributed by atoms with van der Waals surface area (Å²) in [6.45, 7) is 3.97. The first kappa shape index (κ1) is 15.0. The first-order valence-corrected chi connectivity index (χ1v) is 7.45. The second-order valence-electron chi connectivity index (χ2n) is 5.38. The largest absolute Gasteiger partial charge is 0.339 e. The van der Waals surface area contributed by atoms with Crippen LogP contribution in [0.25, 0.3) is 0 Å². The van der Waals surface area contributed by atoms with E-state index in [9.17, 15) is 9.18 Å². The van der Waals surface area contributed by atoms with Gasteiger partial charge in [0.15, 0.2) is 0 Å². The summed E-state index contributed by atoms with van der Waals surface area (Å²) in [7, 11) is 0. The van der Waals surface area contributed by atoms with Gasteiger partial charge in [-0.1, -0.05) is 19.1 Å². The molecule has 20 heavy (non-hydrogen) atoms. The third kappa shape index (κ3) is 4.04. The lowest BCUT2D eigenvalue weighted by Gasteiger charge is -2.35. The van der Waals surface area contributed by atoms with Gasteiger partial charge in [0, 0.05) is 19.1 Å². The van der Waals surface area contributed by atoms with Gasteiger partial charge in [-0.2, -0.15) is 0 Å². The van der Waals surface area contributed by atoms with Crippen molar-refractivity contribution in [2.75, 3.05) is 13.1 Å². The van der Waals surface area contributed by atoms with Crippen LogP contribution < -0.4 is 5.32 Å². The lowest BCUT2D eigenvalue weighted by molar-refractivity contribution is -0.134. The average Bonchev–Trinajstić information content (AvgIpc) is 2.49. The Bertz CT molecular complexity index is 433. The predicted octanol–water partition coefficient (Wildman–Crippen LogP) is 2.71. The summed E-state index contributed by atoms with van der Waals surface area (Å²) in [4.78, 5) is 14.2. The fourth-order valence-electron chi connectivity index (χ4n) is 2.77. The average molecular weight is 278 g/mol. The molecular formula is C16H23FN2O. The summed E-state index contributed by atoms with van der Waals surface area (Å²) in [5.74, 6) is -0.0532. The maximum atomic E-state index is 12.8. The molecule has 1 atom stereocenters. The van der Waals surface area contributed by atoms with Crippen molar-refractivity contribution < 1.29 is 9.18 Å². The molecule has 1 heterocycles. The summed E-state index contributed by atoms with van der Waals surface area (Å²) in [6, 6.07) is 6.77. The second kappa shape index (κ2) is 7.39. The number of halogens is 1. The minimum Gasteiger partial charge on any atom is -0.339 e. The van der Waals surface area contributed by atoms with Gasteiger partial charge in [-0.15, -0.1) is 0 Å². The third-order valence-corrected chi connectivity index (χ3v) is 3.94. The van der Waals surface area contributed by atoms with Crippen molar-refractivity contribution in [1.29, 1.82) is 0 Å². The van der Waals surface area contributed by atoms with E-state index in [1.807, 2.05) is 4.90 Å². The van der Waals surface area contributed by atoms with Gasteiger partial charge in [-0.25, -0.2) is 4.39 Å². The van der Waals surface area contributed by atoms with E-state index < -0.39 is 0 Å².